The highest BCUT2D eigenvalue weighted by atomic mass is 16.6. The van der Waals surface area contributed by atoms with Gasteiger partial charge in [-0.25, -0.2) is 14.6 Å². The summed E-state index contributed by atoms with van der Waals surface area (Å²) in [5.41, 5.74) is 2.35. The fourth-order valence-electron chi connectivity index (χ4n) is 3.88. The van der Waals surface area contributed by atoms with Gasteiger partial charge in [-0.1, -0.05) is 36.4 Å². The lowest BCUT2D eigenvalue weighted by molar-refractivity contribution is -0.157. The summed E-state index contributed by atoms with van der Waals surface area (Å²) in [6, 6.07) is 12.3. The molecule has 1 aliphatic heterocycles. The highest BCUT2D eigenvalue weighted by Gasteiger charge is 2.27. The molecular formula is C28H38N4O5. The summed E-state index contributed by atoms with van der Waals surface area (Å²) < 4.78 is 10.6. The summed E-state index contributed by atoms with van der Waals surface area (Å²) in [7, 11) is 0. The monoisotopic (exact) mass is 510 g/mol. The Morgan fingerprint density at radius 3 is 2.62 bits per heavy atom. The van der Waals surface area contributed by atoms with Crippen molar-refractivity contribution in [2.45, 2.75) is 77.5 Å². The third-order valence-corrected chi connectivity index (χ3v) is 5.74. The molecule has 9 heteroatoms. The number of nitrogens with one attached hydrogen (secondary N) is 3. The van der Waals surface area contributed by atoms with Crippen molar-refractivity contribution in [2.75, 3.05) is 18.4 Å². The van der Waals surface area contributed by atoms with E-state index in [1.165, 1.54) is 5.56 Å². The predicted molar refractivity (Wildman–Crippen MR) is 141 cm³/mol. The van der Waals surface area contributed by atoms with Gasteiger partial charge < -0.3 is 25.4 Å². The first-order chi connectivity index (χ1) is 17.7. The van der Waals surface area contributed by atoms with Crippen LogP contribution in [0.25, 0.3) is 0 Å². The quantitative estimate of drug-likeness (QED) is 0.310. The second kappa shape index (κ2) is 13.6. The van der Waals surface area contributed by atoms with Gasteiger partial charge in [0.05, 0.1) is 0 Å². The Balaban J connectivity index is 1.43. The number of benzene rings is 1. The normalized spacial score (nSPS) is 13.5. The van der Waals surface area contributed by atoms with Crippen LogP contribution in [0.2, 0.25) is 0 Å². The molecule has 200 valence electrons. The third kappa shape index (κ3) is 10.1. The molecule has 37 heavy (non-hydrogen) atoms. The molecule has 0 bridgehead atoms. The molecule has 0 fully saturated rings. The number of nitrogens with zero attached hydrogens (tertiary/aromatic N) is 1. The number of carbonyl (C=O) groups is 3. The van der Waals surface area contributed by atoms with Gasteiger partial charge in [-0.3, -0.25) is 4.79 Å². The number of aromatic nitrogens is 1. The summed E-state index contributed by atoms with van der Waals surface area (Å²) >= 11 is 0. The number of aryl methyl sites for hydroxylation is 2. The van der Waals surface area contributed by atoms with Crippen molar-refractivity contribution in [2.24, 2.45) is 0 Å². The number of anilines is 1. The molecule has 0 saturated carbocycles. The number of hydrogen-bond acceptors (Lipinski definition) is 7. The van der Waals surface area contributed by atoms with E-state index in [2.05, 4.69) is 33.1 Å². The van der Waals surface area contributed by atoms with E-state index in [1.807, 2.05) is 30.3 Å². The van der Waals surface area contributed by atoms with Crippen molar-refractivity contribution >= 4 is 23.8 Å². The molecule has 2 amide bonds. The number of hydrogen-bond donors (Lipinski definition) is 3. The fourth-order valence-corrected chi connectivity index (χ4v) is 3.88. The minimum Gasteiger partial charge on any atom is -0.458 e. The number of rotatable bonds is 11. The minimum atomic E-state index is -1.07. The highest BCUT2D eigenvalue weighted by Crippen LogP contribution is 2.20. The van der Waals surface area contributed by atoms with Crippen molar-refractivity contribution in [3.8, 4) is 0 Å². The van der Waals surface area contributed by atoms with Crippen LogP contribution in [0.5, 0.6) is 0 Å². The maximum Gasteiger partial charge on any atom is 0.408 e. The van der Waals surface area contributed by atoms with Crippen molar-refractivity contribution in [3.63, 3.8) is 0 Å². The number of unbranched alkanes of at least 4 members (excludes halogenated alkanes) is 1. The van der Waals surface area contributed by atoms with Crippen LogP contribution in [0.1, 0.15) is 63.3 Å². The van der Waals surface area contributed by atoms with Crippen molar-refractivity contribution < 1.29 is 23.9 Å². The second-order valence-corrected chi connectivity index (χ2v) is 10.1. The molecule has 1 unspecified atom stereocenters. The largest absolute Gasteiger partial charge is 0.458 e. The molecule has 0 aliphatic carbocycles. The molecule has 1 aromatic carbocycles. The number of esters is 1. The lowest BCUT2D eigenvalue weighted by atomic mass is 10.1. The number of carbonyl (C=O) groups excluding carboxylic acids is 3. The lowest BCUT2D eigenvalue weighted by Gasteiger charge is -2.24. The van der Waals surface area contributed by atoms with Gasteiger partial charge in [-0.2, -0.15) is 0 Å². The Kier molecular flexibility index (Phi) is 10.3. The Bertz CT molecular complexity index is 1050. The van der Waals surface area contributed by atoms with Crippen molar-refractivity contribution in [1.29, 1.82) is 0 Å². The molecule has 3 N–H and O–H groups in total. The van der Waals surface area contributed by atoms with Gasteiger partial charge in [-0.15, -0.1) is 0 Å². The van der Waals surface area contributed by atoms with Crippen LogP contribution >= 0.6 is 0 Å². The zero-order valence-electron chi connectivity index (χ0n) is 22.0. The maximum atomic E-state index is 12.6. The molecule has 0 spiro atoms. The molecule has 0 radical (unpaired) electrons. The van der Waals surface area contributed by atoms with Crippen LogP contribution in [-0.2, 0) is 38.5 Å². The Morgan fingerprint density at radius 1 is 1.08 bits per heavy atom. The average molecular weight is 511 g/mol. The molecule has 1 aromatic heterocycles. The molecule has 2 aromatic rings. The van der Waals surface area contributed by atoms with Crippen LogP contribution < -0.4 is 16.0 Å². The minimum absolute atomic E-state index is 0.0647. The first-order valence-corrected chi connectivity index (χ1v) is 12.9. The van der Waals surface area contributed by atoms with Crippen LogP contribution in [0, 0.1) is 0 Å². The van der Waals surface area contributed by atoms with Crippen molar-refractivity contribution in [1.82, 2.24) is 15.6 Å². The number of fused-ring (bicyclic) bond motifs is 1. The van der Waals surface area contributed by atoms with E-state index in [0.29, 0.717) is 12.8 Å². The Hall–Kier alpha value is -3.62. The lowest BCUT2D eigenvalue weighted by Crippen LogP contribution is -2.50. The number of pyridine rings is 1. The number of alkyl carbamates (subject to hydrolysis) is 1. The molecule has 3 rings (SSSR count). The Morgan fingerprint density at radius 2 is 1.86 bits per heavy atom. The van der Waals surface area contributed by atoms with Crippen LogP contribution in [0.4, 0.5) is 10.6 Å². The summed E-state index contributed by atoms with van der Waals surface area (Å²) in [4.78, 5) is 42.1. The summed E-state index contributed by atoms with van der Waals surface area (Å²) in [5.74, 6) is 0.133. The van der Waals surface area contributed by atoms with E-state index in [1.54, 1.807) is 20.8 Å². The summed E-state index contributed by atoms with van der Waals surface area (Å²) in [6.07, 6.45) is 4.02. The highest BCUT2D eigenvalue weighted by molar-refractivity contribution is 5.83. The van der Waals surface area contributed by atoms with E-state index in [9.17, 15) is 14.4 Å². The number of amides is 2. The van der Waals surface area contributed by atoms with Crippen molar-refractivity contribution in [3.05, 3.63) is 59.3 Å². The molecule has 9 nitrogen and oxygen atoms in total. The summed E-state index contributed by atoms with van der Waals surface area (Å²) in [5, 5.41) is 8.59. The molecule has 1 atom stereocenters. The first-order valence-electron chi connectivity index (χ1n) is 12.9. The fraction of sp³-hybridized carbons (Fsp3) is 0.500. The van der Waals surface area contributed by atoms with Gasteiger partial charge in [0.25, 0.3) is 0 Å². The molecule has 1 aliphatic rings. The third-order valence-electron chi connectivity index (χ3n) is 5.74. The van der Waals surface area contributed by atoms with E-state index in [-0.39, 0.29) is 19.1 Å². The zero-order chi connectivity index (χ0) is 26.7. The van der Waals surface area contributed by atoms with Gasteiger partial charge in [0.1, 0.15) is 24.1 Å². The second-order valence-electron chi connectivity index (χ2n) is 10.1. The van der Waals surface area contributed by atoms with Gasteiger partial charge in [-0.05, 0) is 70.1 Å². The standard InChI is InChI=1S/C28H38N4O5/c1-28(2,3)37-26(34)23(32-27(35)36-19-20-10-5-4-6-11-20)18-30-24(33)14-8-7-13-22-16-15-21-12-9-17-29-25(21)31-22/h4-6,10-11,15-16,23H,7-9,12-14,17-19H2,1-3H3,(H,29,31)(H,30,33)(H,32,35). The van der Waals surface area contributed by atoms with Gasteiger partial charge in [0, 0.05) is 25.2 Å². The topological polar surface area (TPSA) is 119 Å². The van der Waals surface area contributed by atoms with E-state index in [4.69, 9.17) is 9.47 Å². The SMILES string of the molecule is CC(C)(C)OC(=O)C(CNC(=O)CCCCc1ccc2c(n1)NCCC2)NC(=O)OCc1ccccc1. The first kappa shape index (κ1) is 28.0. The van der Waals surface area contributed by atoms with Gasteiger partial charge in [0.2, 0.25) is 5.91 Å². The predicted octanol–water partition coefficient (Wildman–Crippen LogP) is 3.91. The molecule has 2 heterocycles. The summed E-state index contributed by atoms with van der Waals surface area (Å²) in [6.45, 7) is 6.14. The van der Waals surface area contributed by atoms with Gasteiger partial charge >= 0.3 is 12.1 Å². The van der Waals surface area contributed by atoms with E-state index in [0.717, 1.165) is 49.3 Å². The van der Waals surface area contributed by atoms with Crippen LogP contribution in [0.3, 0.4) is 0 Å². The smallest absolute Gasteiger partial charge is 0.408 e. The Labute approximate surface area is 218 Å². The van der Waals surface area contributed by atoms with Gasteiger partial charge in [0.15, 0.2) is 0 Å². The zero-order valence-corrected chi connectivity index (χ0v) is 22.0. The number of ether oxygens (including phenoxy) is 2. The molecular weight excluding hydrogens is 472 g/mol. The van der Waals surface area contributed by atoms with Crippen LogP contribution in [-0.4, -0.2) is 47.7 Å². The van der Waals surface area contributed by atoms with E-state index < -0.39 is 23.7 Å². The van der Waals surface area contributed by atoms with E-state index >= 15 is 0 Å². The average Bonchev–Trinajstić information content (AvgIpc) is 2.87. The molecule has 0 saturated heterocycles. The van der Waals surface area contributed by atoms with Crippen LogP contribution in [0.15, 0.2) is 42.5 Å². The maximum absolute atomic E-state index is 12.6.